The van der Waals surface area contributed by atoms with E-state index in [0.29, 0.717) is 30.5 Å². The highest BCUT2D eigenvalue weighted by molar-refractivity contribution is 5.96. The average Bonchev–Trinajstić information content (AvgIpc) is 2.57. The number of rotatable bonds is 5. The van der Waals surface area contributed by atoms with Gasteiger partial charge in [-0.05, 0) is 37.3 Å². The summed E-state index contributed by atoms with van der Waals surface area (Å²) in [4.78, 5) is 37.6. The summed E-state index contributed by atoms with van der Waals surface area (Å²) in [5.74, 6) is -0.236. The highest BCUT2D eigenvalue weighted by Gasteiger charge is 2.25. The van der Waals surface area contributed by atoms with E-state index in [1.165, 1.54) is 0 Å². The molecule has 0 aliphatic carbocycles. The largest absolute Gasteiger partial charge is 0.454 e. The molecular weight excluding hydrogens is 320 g/mol. The molecule has 136 valence electrons. The number of nitrogens with zero attached hydrogens (tertiary/aromatic N) is 1. The minimum Gasteiger partial charge on any atom is -0.454 e. The van der Waals surface area contributed by atoms with Gasteiger partial charge in [0.1, 0.15) is 6.54 Å². The van der Waals surface area contributed by atoms with Crippen LogP contribution in [0.2, 0.25) is 0 Å². The smallest absolute Gasteiger partial charge is 0.325 e. The fourth-order valence-electron chi connectivity index (χ4n) is 3.11. The summed E-state index contributed by atoms with van der Waals surface area (Å²) in [7, 11) is 0. The standard InChI is InChI=1S/C19H26N2O4/c1-13-4-6-16(7-5-13)19(24)20-9-18(23)25-12-17(22)21-10-14(2)8-15(3)11-21/h4-7,14-15H,8-12H2,1-3H3,(H,20,24)/t14-,15-/m0/s1. The minimum absolute atomic E-state index is 0.184. The summed E-state index contributed by atoms with van der Waals surface area (Å²) in [6, 6.07) is 7.04. The van der Waals surface area contributed by atoms with Crippen LogP contribution in [0.3, 0.4) is 0 Å². The molecule has 2 rings (SSSR count). The molecule has 0 saturated carbocycles. The van der Waals surface area contributed by atoms with Gasteiger partial charge in [-0.3, -0.25) is 14.4 Å². The van der Waals surface area contributed by atoms with Crippen molar-refractivity contribution in [3.8, 4) is 0 Å². The van der Waals surface area contributed by atoms with Crippen LogP contribution in [0.4, 0.5) is 0 Å². The first kappa shape index (κ1) is 19.0. The third-order valence-corrected chi connectivity index (χ3v) is 4.29. The fraction of sp³-hybridized carbons (Fsp3) is 0.526. The molecular formula is C19H26N2O4. The predicted octanol–water partition coefficient (Wildman–Crippen LogP) is 1.77. The van der Waals surface area contributed by atoms with E-state index >= 15 is 0 Å². The molecule has 1 fully saturated rings. The van der Waals surface area contributed by atoms with Crippen LogP contribution < -0.4 is 5.32 Å². The van der Waals surface area contributed by atoms with Crippen LogP contribution in [0, 0.1) is 18.8 Å². The molecule has 0 aromatic heterocycles. The summed E-state index contributed by atoms with van der Waals surface area (Å²) < 4.78 is 4.99. The van der Waals surface area contributed by atoms with Crippen LogP contribution >= 0.6 is 0 Å². The lowest BCUT2D eigenvalue weighted by molar-refractivity contribution is -0.152. The van der Waals surface area contributed by atoms with E-state index in [1.54, 1.807) is 17.0 Å². The molecule has 1 heterocycles. The van der Waals surface area contributed by atoms with Gasteiger partial charge in [0.15, 0.2) is 6.61 Å². The number of nitrogens with one attached hydrogen (secondary N) is 1. The number of ether oxygens (including phenoxy) is 1. The second kappa shape index (κ2) is 8.65. The monoisotopic (exact) mass is 346 g/mol. The van der Waals surface area contributed by atoms with E-state index in [1.807, 2.05) is 19.1 Å². The lowest BCUT2D eigenvalue weighted by Gasteiger charge is -2.34. The maximum Gasteiger partial charge on any atom is 0.325 e. The molecule has 1 aromatic rings. The molecule has 6 nitrogen and oxygen atoms in total. The normalized spacial score (nSPS) is 20.0. The summed E-state index contributed by atoms with van der Waals surface area (Å²) in [5, 5.41) is 2.50. The number of esters is 1. The Morgan fingerprint density at radius 2 is 1.72 bits per heavy atom. The van der Waals surface area contributed by atoms with E-state index < -0.39 is 5.97 Å². The second-order valence-electron chi connectivity index (χ2n) is 6.95. The van der Waals surface area contributed by atoms with Gasteiger partial charge in [-0.15, -0.1) is 0 Å². The Morgan fingerprint density at radius 3 is 2.32 bits per heavy atom. The quantitative estimate of drug-likeness (QED) is 0.825. The van der Waals surface area contributed by atoms with Gasteiger partial charge in [-0.1, -0.05) is 31.5 Å². The van der Waals surface area contributed by atoms with Gasteiger partial charge in [-0.2, -0.15) is 0 Å². The molecule has 0 spiro atoms. The number of piperidine rings is 1. The van der Waals surface area contributed by atoms with Crippen LogP contribution in [-0.4, -0.2) is 48.9 Å². The molecule has 6 heteroatoms. The molecule has 1 N–H and O–H groups in total. The second-order valence-corrected chi connectivity index (χ2v) is 6.95. The Hall–Kier alpha value is -2.37. The maximum atomic E-state index is 12.1. The Bertz CT molecular complexity index is 617. The third kappa shape index (κ3) is 5.89. The van der Waals surface area contributed by atoms with Gasteiger partial charge in [-0.25, -0.2) is 0 Å². The van der Waals surface area contributed by atoms with Crippen LogP contribution in [-0.2, 0) is 14.3 Å². The lowest BCUT2D eigenvalue weighted by atomic mass is 9.92. The highest BCUT2D eigenvalue weighted by atomic mass is 16.5. The molecule has 1 saturated heterocycles. The average molecular weight is 346 g/mol. The van der Waals surface area contributed by atoms with Crippen LogP contribution in [0.15, 0.2) is 24.3 Å². The number of aryl methyl sites for hydroxylation is 1. The number of hydrogen-bond donors (Lipinski definition) is 1. The summed E-state index contributed by atoms with van der Waals surface area (Å²) in [6.07, 6.45) is 1.11. The SMILES string of the molecule is Cc1ccc(C(=O)NCC(=O)OCC(=O)N2C[C@@H](C)C[C@H](C)C2)cc1. The van der Waals surface area contributed by atoms with Gasteiger partial charge in [0, 0.05) is 18.7 Å². The number of hydrogen-bond acceptors (Lipinski definition) is 4. The van der Waals surface area contributed by atoms with Crippen molar-refractivity contribution in [3.05, 3.63) is 35.4 Å². The summed E-state index contributed by atoms with van der Waals surface area (Å²) in [6.45, 7) is 7.02. The third-order valence-electron chi connectivity index (χ3n) is 4.29. The lowest BCUT2D eigenvalue weighted by Crippen LogP contribution is -2.44. The Balaban J connectivity index is 1.72. The van der Waals surface area contributed by atoms with Crippen molar-refractivity contribution in [2.45, 2.75) is 27.2 Å². The van der Waals surface area contributed by atoms with Crippen molar-refractivity contribution in [1.82, 2.24) is 10.2 Å². The zero-order chi connectivity index (χ0) is 18.4. The first-order valence-electron chi connectivity index (χ1n) is 8.63. The number of carbonyl (C=O) groups excluding carboxylic acids is 3. The van der Waals surface area contributed by atoms with E-state index in [-0.39, 0.29) is 25.0 Å². The van der Waals surface area contributed by atoms with Gasteiger partial charge in [0.05, 0.1) is 0 Å². The first-order chi connectivity index (χ1) is 11.8. The summed E-state index contributed by atoms with van der Waals surface area (Å²) >= 11 is 0. The van der Waals surface area contributed by atoms with Crippen LogP contribution in [0.5, 0.6) is 0 Å². The van der Waals surface area contributed by atoms with Crippen molar-refractivity contribution >= 4 is 17.8 Å². The van der Waals surface area contributed by atoms with Gasteiger partial charge in [0.2, 0.25) is 0 Å². The molecule has 1 aliphatic rings. The van der Waals surface area contributed by atoms with E-state index in [0.717, 1.165) is 12.0 Å². The topological polar surface area (TPSA) is 75.7 Å². The zero-order valence-electron chi connectivity index (χ0n) is 15.1. The number of carbonyl (C=O) groups is 3. The van der Waals surface area contributed by atoms with Crippen molar-refractivity contribution in [1.29, 1.82) is 0 Å². The van der Waals surface area contributed by atoms with E-state index in [4.69, 9.17) is 4.74 Å². The van der Waals surface area contributed by atoms with Gasteiger partial charge < -0.3 is 15.0 Å². The van der Waals surface area contributed by atoms with Crippen LogP contribution in [0.25, 0.3) is 0 Å². The Morgan fingerprint density at radius 1 is 1.12 bits per heavy atom. The van der Waals surface area contributed by atoms with E-state index in [9.17, 15) is 14.4 Å². The molecule has 2 amide bonds. The van der Waals surface area contributed by atoms with Gasteiger partial charge >= 0.3 is 5.97 Å². The molecule has 1 aliphatic heterocycles. The number of amides is 2. The Kier molecular flexibility index (Phi) is 6.56. The molecule has 25 heavy (non-hydrogen) atoms. The highest BCUT2D eigenvalue weighted by Crippen LogP contribution is 2.20. The number of benzene rings is 1. The fourth-order valence-corrected chi connectivity index (χ4v) is 3.11. The minimum atomic E-state index is -0.619. The molecule has 0 bridgehead atoms. The van der Waals surface area contributed by atoms with Crippen molar-refractivity contribution in [2.24, 2.45) is 11.8 Å². The van der Waals surface area contributed by atoms with Crippen LogP contribution in [0.1, 0.15) is 36.2 Å². The van der Waals surface area contributed by atoms with Gasteiger partial charge in [0.25, 0.3) is 11.8 Å². The molecule has 0 radical (unpaired) electrons. The first-order valence-corrected chi connectivity index (χ1v) is 8.63. The van der Waals surface area contributed by atoms with Crippen molar-refractivity contribution in [2.75, 3.05) is 26.2 Å². The molecule has 2 atom stereocenters. The zero-order valence-corrected chi connectivity index (χ0v) is 15.1. The Labute approximate surface area is 148 Å². The van der Waals surface area contributed by atoms with E-state index in [2.05, 4.69) is 19.2 Å². The predicted molar refractivity (Wildman–Crippen MR) is 94.0 cm³/mol. The van der Waals surface area contributed by atoms with Crippen molar-refractivity contribution < 1.29 is 19.1 Å². The van der Waals surface area contributed by atoms with Crippen molar-refractivity contribution in [3.63, 3.8) is 0 Å². The molecule has 0 unspecified atom stereocenters. The summed E-state index contributed by atoms with van der Waals surface area (Å²) in [5.41, 5.74) is 1.53. The molecule has 1 aromatic carbocycles. The maximum absolute atomic E-state index is 12.1. The number of likely N-dealkylation sites (tertiary alicyclic amines) is 1.